The standard InChI is InChI=1S/C46H30N8O2/c1-3-18-37(53-39-20-5-9-24-43(39)55-44-25-10-6-21-40(44)53)35(16-1)51-29-33(47-49-51)31-14-13-15-32(28-31)34-30-52(50-48-34)36-17-2-4-19-38(36)54-41-22-7-11-26-45(41)56-46-27-12-8-23-42(46)54/h1-30H. The van der Waals surface area contributed by atoms with Gasteiger partial charge in [0.05, 0.1) is 57.9 Å². The van der Waals surface area contributed by atoms with E-state index in [1.807, 2.05) is 137 Å². The molecule has 10 heteroatoms. The molecule has 9 aromatic rings. The average molecular weight is 727 g/mol. The van der Waals surface area contributed by atoms with E-state index >= 15 is 0 Å². The Kier molecular flexibility index (Phi) is 7.24. The number of fused-ring (bicyclic) bond motifs is 4. The van der Waals surface area contributed by atoms with Crippen LogP contribution in [0.25, 0.3) is 33.9 Å². The summed E-state index contributed by atoms with van der Waals surface area (Å²) < 4.78 is 16.2. The molecule has 10 nitrogen and oxygen atoms in total. The molecule has 0 atom stereocenters. The van der Waals surface area contributed by atoms with Gasteiger partial charge in [-0.05, 0) is 78.9 Å². The van der Waals surface area contributed by atoms with Crippen molar-refractivity contribution in [1.29, 1.82) is 0 Å². The highest BCUT2D eigenvalue weighted by Crippen LogP contribution is 2.52. The van der Waals surface area contributed by atoms with Gasteiger partial charge in [-0.25, -0.2) is 9.36 Å². The van der Waals surface area contributed by atoms with Gasteiger partial charge in [-0.3, -0.25) is 0 Å². The third-order valence-corrected chi connectivity index (χ3v) is 10.0. The molecule has 11 rings (SSSR count). The minimum absolute atomic E-state index is 0.729. The van der Waals surface area contributed by atoms with Crippen molar-refractivity contribution in [3.8, 4) is 56.9 Å². The van der Waals surface area contributed by atoms with Gasteiger partial charge in [-0.2, -0.15) is 0 Å². The summed E-state index contributed by atoms with van der Waals surface area (Å²) in [5.41, 5.74) is 10.7. The van der Waals surface area contributed by atoms with Crippen LogP contribution in [0.2, 0.25) is 0 Å². The average Bonchev–Trinajstić information content (AvgIpc) is 3.97. The van der Waals surface area contributed by atoms with Crippen LogP contribution in [0.15, 0.2) is 182 Å². The first-order valence-corrected chi connectivity index (χ1v) is 18.2. The quantitative estimate of drug-likeness (QED) is 0.167. The minimum Gasteiger partial charge on any atom is -0.453 e. The van der Waals surface area contributed by atoms with Crippen LogP contribution < -0.4 is 19.3 Å². The van der Waals surface area contributed by atoms with Crippen LogP contribution in [-0.4, -0.2) is 30.0 Å². The third kappa shape index (κ3) is 5.19. The molecule has 0 bridgehead atoms. The molecule has 0 aliphatic carbocycles. The van der Waals surface area contributed by atoms with Crippen molar-refractivity contribution in [2.75, 3.05) is 9.80 Å². The van der Waals surface area contributed by atoms with Crippen LogP contribution in [0.1, 0.15) is 0 Å². The third-order valence-electron chi connectivity index (χ3n) is 10.0. The fourth-order valence-corrected chi connectivity index (χ4v) is 7.49. The molecule has 2 aliphatic rings. The highest BCUT2D eigenvalue weighted by Gasteiger charge is 2.29. The Labute approximate surface area is 321 Å². The van der Waals surface area contributed by atoms with E-state index in [1.54, 1.807) is 0 Å². The number of nitrogens with zero attached hydrogens (tertiary/aromatic N) is 8. The lowest BCUT2D eigenvalue weighted by molar-refractivity contribution is 0.476. The Balaban J connectivity index is 0.930. The molecule has 56 heavy (non-hydrogen) atoms. The molecule has 0 saturated carbocycles. The van der Waals surface area contributed by atoms with Crippen molar-refractivity contribution < 1.29 is 9.47 Å². The molecule has 0 unspecified atom stereocenters. The number of para-hydroxylation sites is 12. The number of benzene rings is 7. The predicted molar refractivity (Wildman–Crippen MR) is 217 cm³/mol. The normalized spacial score (nSPS) is 12.5. The monoisotopic (exact) mass is 726 g/mol. The molecule has 266 valence electrons. The van der Waals surface area contributed by atoms with Gasteiger partial charge >= 0.3 is 0 Å². The van der Waals surface area contributed by atoms with Crippen molar-refractivity contribution in [3.05, 3.63) is 182 Å². The topological polar surface area (TPSA) is 86.4 Å². The Bertz CT molecular complexity index is 2650. The molecule has 0 N–H and O–H groups in total. The molecule has 2 aromatic heterocycles. The molecule has 4 heterocycles. The minimum atomic E-state index is 0.729. The fourth-order valence-electron chi connectivity index (χ4n) is 7.49. The smallest absolute Gasteiger partial charge is 0.151 e. The maximum absolute atomic E-state index is 6.28. The summed E-state index contributed by atoms with van der Waals surface area (Å²) in [6.45, 7) is 0. The molecule has 2 aliphatic heterocycles. The van der Waals surface area contributed by atoms with Gasteiger partial charge < -0.3 is 19.3 Å². The number of aromatic nitrogens is 6. The molecule has 0 saturated heterocycles. The van der Waals surface area contributed by atoms with E-state index in [4.69, 9.17) is 9.47 Å². The van der Waals surface area contributed by atoms with Crippen molar-refractivity contribution in [3.63, 3.8) is 0 Å². The van der Waals surface area contributed by atoms with Crippen LogP contribution in [-0.2, 0) is 0 Å². The van der Waals surface area contributed by atoms with E-state index in [0.717, 1.165) is 91.0 Å². The lowest BCUT2D eigenvalue weighted by Crippen LogP contribution is -2.17. The van der Waals surface area contributed by atoms with Crippen molar-refractivity contribution >= 4 is 34.1 Å². The summed E-state index contributed by atoms with van der Waals surface area (Å²) in [4.78, 5) is 4.42. The molecule has 0 spiro atoms. The Hall–Kier alpha value is -7.98. The Morgan fingerprint density at radius 3 is 1.02 bits per heavy atom. The molecule has 0 radical (unpaired) electrons. The SMILES string of the molecule is c1cc(-c2cn(-c3ccccc3N3c4ccccc4Oc4ccccc43)nn2)cc(-c2cn(-c3ccccc3N3c4ccccc4Oc4ccccc43)nn2)c1. The number of hydrogen-bond donors (Lipinski definition) is 0. The molecular formula is C46H30N8O2. The summed E-state index contributed by atoms with van der Waals surface area (Å²) in [5, 5.41) is 18.5. The Morgan fingerprint density at radius 2 is 0.643 bits per heavy atom. The summed E-state index contributed by atoms with van der Waals surface area (Å²) in [6.07, 6.45) is 3.92. The predicted octanol–water partition coefficient (Wildman–Crippen LogP) is 11.3. The number of anilines is 6. The second-order valence-electron chi connectivity index (χ2n) is 13.4. The van der Waals surface area contributed by atoms with Gasteiger partial charge in [0.2, 0.25) is 0 Å². The van der Waals surface area contributed by atoms with Crippen LogP contribution in [0.5, 0.6) is 23.0 Å². The van der Waals surface area contributed by atoms with Crippen LogP contribution >= 0.6 is 0 Å². The number of hydrogen-bond acceptors (Lipinski definition) is 8. The summed E-state index contributed by atoms with van der Waals surface area (Å²) in [6, 6.07) is 56.7. The van der Waals surface area contributed by atoms with Gasteiger partial charge in [-0.15, -0.1) is 10.2 Å². The lowest BCUT2D eigenvalue weighted by atomic mass is 10.1. The van der Waals surface area contributed by atoms with Gasteiger partial charge in [0.1, 0.15) is 11.4 Å². The second-order valence-corrected chi connectivity index (χ2v) is 13.4. The van der Waals surface area contributed by atoms with Gasteiger partial charge in [0, 0.05) is 11.1 Å². The molecule has 0 amide bonds. The molecular weight excluding hydrogens is 697 g/mol. The van der Waals surface area contributed by atoms with Crippen LogP contribution in [0.3, 0.4) is 0 Å². The molecule has 7 aromatic carbocycles. The van der Waals surface area contributed by atoms with Crippen molar-refractivity contribution in [1.82, 2.24) is 30.0 Å². The summed E-state index contributed by atoms with van der Waals surface area (Å²) >= 11 is 0. The second kappa shape index (κ2) is 12.9. The zero-order valence-corrected chi connectivity index (χ0v) is 29.7. The van der Waals surface area contributed by atoms with Gasteiger partial charge in [-0.1, -0.05) is 101 Å². The van der Waals surface area contributed by atoms with E-state index in [1.165, 1.54) is 0 Å². The van der Waals surface area contributed by atoms with E-state index in [9.17, 15) is 0 Å². The highest BCUT2D eigenvalue weighted by atomic mass is 16.5. The maximum atomic E-state index is 6.28. The first-order valence-electron chi connectivity index (χ1n) is 18.2. The lowest BCUT2D eigenvalue weighted by Gasteiger charge is -2.33. The van der Waals surface area contributed by atoms with Crippen LogP contribution in [0, 0.1) is 0 Å². The summed E-state index contributed by atoms with van der Waals surface area (Å²) in [7, 11) is 0. The van der Waals surface area contributed by atoms with Gasteiger partial charge in [0.15, 0.2) is 23.0 Å². The number of rotatable bonds is 6. The largest absolute Gasteiger partial charge is 0.453 e. The zero-order chi connectivity index (χ0) is 37.0. The number of ether oxygens (including phenoxy) is 2. The summed E-state index contributed by atoms with van der Waals surface area (Å²) in [5.74, 6) is 3.15. The van der Waals surface area contributed by atoms with Crippen LogP contribution in [0.4, 0.5) is 34.1 Å². The zero-order valence-electron chi connectivity index (χ0n) is 29.7. The molecule has 0 fully saturated rings. The first kappa shape index (κ1) is 31.5. The fraction of sp³-hybridized carbons (Fsp3) is 0. The Morgan fingerprint density at radius 1 is 0.321 bits per heavy atom. The van der Waals surface area contributed by atoms with E-state index in [0.29, 0.717) is 0 Å². The van der Waals surface area contributed by atoms with Crippen molar-refractivity contribution in [2.24, 2.45) is 0 Å². The van der Waals surface area contributed by atoms with E-state index in [2.05, 4.69) is 85.0 Å². The first-order chi connectivity index (χ1) is 27.8. The maximum Gasteiger partial charge on any atom is 0.151 e. The van der Waals surface area contributed by atoms with E-state index < -0.39 is 0 Å². The highest BCUT2D eigenvalue weighted by molar-refractivity contribution is 5.90. The van der Waals surface area contributed by atoms with E-state index in [-0.39, 0.29) is 0 Å². The van der Waals surface area contributed by atoms with Gasteiger partial charge in [0.25, 0.3) is 0 Å². The van der Waals surface area contributed by atoms with Crippen molar-refractivity contribution in [2.45, 2.75) is 0 Å².